The van der Waals surface area contributed by atoms with Gasteiger partial charge in [-0.15, -0.1) is 0 Å². The highest BCUT2D eigenvalue weighted by molar-refractivity contribution is 5.71. The van der Waals surface area contributed by atoms with Gasteiger partial charge in [-0.05, 0) is 6.42 Å². The van der Waals surface area contributed by atoms with Crippen LogP contribution in [-0.4, -0.2) is 18.8 Å². The van der Waals surface area contributed by atoms with E-state index in [-0.39, 0.29) is 0 Å². The van der Waals surface area contributed by atoms with Crippen molar-refractivity contribution >= 4 is 5.97 Å². The number of carbonyl (C=O) groups excluding carboxylic acids is 1. The second-order valence-corrected chi connectivity index (χ2v) is 2.43. The van der Waals surface area contributed by atoms with Crippen LogP contribution in [0.4, 0.5) is 13.2 Å². The van der Waals surface area contributed by atoms with E-state index in [1.54, 1.807) is 6.92 Å². The van der Waals surface area contributed by atoms with E-state index in [0.717, 1.165) is 0 Å². The van der Waals surface area contributed by atoms with Crippen LogP contribution in [0.5, 0.6) is 0 Å². The van der Waals surface area contributed by atoms with Crippen molar-refractivity contribution in [2.75, 3.05) is 0 Å². The Kier molecular flexibility index (Phi) is 4.70. The van der Waals surface area contributed by atoms with Crippen LogP contribution >= 0.6 is 0 Å². The summed E-state index contributed by atoms with van der Waals surface area (Å²) < 4.78 is 38.9. The minimum atomic E-state index is -3.27. The lowest BCUT2D eigenvalue weighted by Crippen LogP contribution is -2.24. The third-order valence-electron chi connectivity index (χ3n) is 1.44. The molecule has 0 aromatic carbocycles. The van der Waals surface area contributed by atoms with E-state index in [1.165, 1.54) is 6.92 Å². The molecule has 2 unspecified atom stereocenters. The Morgan fingerprint density at radius 1 is 1.42 bits per heavy atom. The molecule has 0 fully saturated rings. The Hall–Kier alpha value is -0.740. The van der Waals surface area contributed by atoms with Crippen molar-refractivity contribution in [2.24, 2.45) is 5.92 Å². The molecule has 2 nitrogen and oxygen atoms in total. The van der Waals surface area contributed by atoms with Gasteiger partial charge in [0.15, 0.2) is 0 Å². The first kappa shape index (κ1) is 11.3. The first-order valence-electron chi connectivity index (χ1n) is 3.61. The van der Waals surface area contributed by atoms with Gasteiger partial charge in [0.1, 0.15) is 0 Å². The van der Waals surface area contributed by atoms with Gasteiger partial charge in [-0.3, -0.25) is 4.79 Å². The highest BCUT2D eigenvalue weighted by Crippen LogP contribution is 2.11. The van der Waals surface area contributed by atoms with Gasteiger partial charge in [-0.2, -0.15) is 4.39 Å². The standard InChI is InChI=1S/C7H11F3O2/c1-3-4(2)7(11)12-6(10)5(8)9/h4-6H,3H2,1-2H3. The number of carbonyl (C=O) groups is 1. The van der Waals surface area contributed by atoms with Crippen LogP contribution in [0.25, 0.3) is 0 Å². The van der Waals surface area contributed by atoms with Gasteiger partial charge in [-0.25, -0.2) is 8.78 Å². The van der Waals surface area contributed by atoms with Crippen molar-refractivity contribution in [2.45, 2.75) is 33.1 Å². The van der Waals surface area contributed by atoms with Crippen molar-refractivity contribution in [3.63, 3.8) is 0 Å². The molecule has 0 bridgehead atoms. The van der Waals surface area contributed by atoms with Crippen LogP contribution in [0.15, 0.2) is 0 Å². The summed E-state index contributed by atoms with van der Waals surface area (Å²) in [5.41, 5.74) is 0. The molecule has 0 aliphatic heterocycles. The maximum Gasteiger partial charge on any atom is 0.311 e. The summed E-state index contributed by atoms with van der Waals surface area (Å²) in [5.74, 6) is -1.47. The van der Waals surface area contributed by atoms with Crippen LogP contribution in [0.1, 0.15) is 20.3 Å². The number of rotatable bonds is 4. The monoisotopic (exact) mass is 184 g/mol. The number of ether oxygens (including phenoxy) is 1. The van der Waals surface area contributed by atoms with E-state index in [4.69, 9.17) is 0 Å². The average molecular weight is 184 g/mol. The molecule has 0 N–H and O–H groups in total. The van der Waals surface area contributed by atoms with Crippen LogP contribution in [0.2, 0.25) is 0 Å². The molecule has 0 saturated heterocycles. The molecule has 0 amide bonds. The van der Waals surface area contributed by atoms with E-state index in [2.05, 4.69) is 4.74 Å². The fraction of sp³-hybridized carbons (Fsp3) is 0.857. The molecule has 0 saturated carbocycles. The zero-order valence-corrected chi connectivity index (χ0v) is 6.89. The summed E-state index contributed by atoms with van der Waals surface area (Å²) >= 11 is 0. The molecule has 0 spiro atoms. The lowest BCUT2D eigenvalue weighted by molar-refractivity contribution is -0.178. The van der Waals surface area contributed by atoms with E-state index < -0.39 is 24.7 Å². The van der Waals surface area contributed by atoms with Crippen LogP contribution in [-0.2, 0) is 9.53 Å². The van der Waals surface area contributed by atoms with Gasteiger partial charge >= 0.3 is 18.8 Å². The first-order valence-corrected chi connectivity index (χ1v) is 3.61. The predicted molar refractivity (Wildman–Crippen MR) is 36.4 cm³/mol. The molecule has 0 aromatic heterocycles. The molecular weight excluding hydrogens is 173 g/mol. The van der Waals surface area contributed by atoms with Crippen LogP contribution < -0.4 is 0 Å². The van der Waals surface area contributed by atoms with Crippen LogP contribution in [0.3, 0.4) is 0 Å². The molecule has 72 valence electrons. The van der Waals surface area contributed by atoms with Crippen molar-refractivity contribution < 1.29 is 22.7 Å². The number of halogens is 3. The second-order valence-electron chi connectivity index (χ2n) is 2.43. The van der Waals surface area contributed by atoms with Gasteiger partial charge < -0.3 is 4.74 Å². The van der Waals surface area contributed by atoms with Crippen molar-refractivity contribution in [1.29, 1.82) is 0 Å². The summed E-state index contributed by atoms with van der Waals surface area (Å²) in [6.07, 6.45) is -5.63. The Labute approximate surface area is 68.7 Å². The van der Waals surface area contributed by atoms with Gasteiger partial charge in [0, 0.05) is 0 Å². The molecule has 12 heavy (non-hydrogen) atoms. The first-order chi connectivity index (χ1) is 5.49. The minimum Gasteiger partial charge on any atom is -0.425 e. The summed E-state index contributed by atoms with van der Waals surface area (Å²) in [6, 6.07) is 0. The summed E-state index contributed by atoms with van der Waals surface area (Å²) in [5, 5.41) is 0. The summed E-state index contributed by atoms with van der Waals surface area (Å²) in [4.78, 5) is 10.7. The molecule has 5 heteroatoms. The Balaban J connectivity index is 3.84. The van der Waals surface area contributed by atoms with Crippen molar-refractivity contribution in [3.05, 3.63) is 0 Å². The van der Waals surface area contributed by atoms with Gasteiger partial charge in [0.25, 0.3) is 0 Å². The SMILES string of the molecule is CCC(C)C(=O)OC(F)C(F)F. The van der Waals surface area contributed by atoms with Gasteiger partial charge in [-0.1, -0.05) is 13.8 Å². The molecule has 0 heterocycles. The van der Waals surface area contributed by atoms with Crippen LogP contribution in [0, 0.1) is 5.92 Å². The van der Waals surface area contributed by atoms with Gasteiger partial charge in [0.05, 0.1) is 5.92 Å². The predicted octanol–water partition coefficient (Wildman–Crippen LogP) is 2.14. The fourth-order valence-electron chi connectivity index (χ4n) is 0.445. The third kappa shape index (κ3) is 3.59. The Morgan fingerprint density at radius 2 is 1.92 bits per heavy atom. The molecule has 0 radical (unpaired) electrons. The van der Waals surface area contributed by atoms with E-state index >= 15 is 0 Å². The highest BCUT2D eigenvalue weighted by Gasteiger charge is 2.25. The molecule has 0 aliphatic carbocycles. The van der Waals surface area contributed by atoms with Crippen molar-refractivity contribution in [3.8, 4) is 0 Å². The highest BCUT2D eigenvalue weighted by atomic mass is 19.3. The number of esters is 1. The largest absolute Gasteiger partial charge is 0.425 e. The van der Waals surface area contributed by atoms with Gasteiger partial charge in [0.2, 0.25) is 0 Å². The minimum absolute atomic E-state index is 0.439. The maximum absolute atomic E-state index is 12.1. The summed E-state index contributed by atoms with van der Waals surface area (Å²) in [6.45, 7) is 3.17. The summed E-state index contributed by atoms with van der Waals surface area (Å²) in [7, 11) is 0. The van der Waals surface area contributed by atoms with E-state index in [0.29, 0.717) is 6.42 Å². The Morgan fingerprint density at radius 3 is 2.25 bits per heavy atom. The maximum atomic E-state index is 12.1. The number of hydrogen-bond donors (Lipinski definition) is 0. The molecule has 0 aromatic rings. The normalized spacial score (nSPS) is 15.8. The second kappa shape index (κ2) is 5.00. The molecule has 0 aliphatic rings. The smallest absolute Gasteiger partial charge is 0.311 e. The Bertz CT molecular complexity index is 150. The zero-order chi connectivity index (χ0) is 9.72. The molecule has 0 rings (SSSR count). The molecular formula is C7H11F3O2. The van der Waals surface area contributed by atoms with E-state index in [9.17, 15) is 18.0 Å². The zero-order valence-electron chi connectivity index (χ0n) is 6.89. The molecule has 2 atom stereocenters. The lowest BCUT2D eigenvalue weighted by atomic mass is 10.1. The quantitative estimate of drug-likeness (QED) is 0.625. The van der Waals surface area contributed by atoms with Crippen molar-refractivity contribution in [1.82, 2.24) is 0 Å². The lowest BCUT2D eigenvalue weighted by Gasteiger charge is -2.11. The van der Waals surface area contributed by atoms with E-state index in [1.807, 2.05) is 0 Å². The average Bonchev–Trinajstić information content (AvgIpc) is 2.02. The third-order valence-corrected chi connectivity index (χ3v) is 1.44. The number of hydrogen-bond acceptors (Lipinski definition) is 2. The topological polar surface area (TPSA) is 26.3 Å². The number of alkyl halides is 3. The fourth-order valence-corrected chi connectivity index (χ4v) is 0.445.